The highest BCUT2D eigenvalue weighted by atomic mass is 16.3. The third-order valence-corrected chi connectivity index (χ3v) is 4.52. The van der Waals surface area contributed by atoms with Crippen LogP contribution in [0, 0.1) is 6.92 Å². The lowest BCUT2D eigenvalue weighted by atomic mass is 9.79. The molecular formula is C16H21N5O2. The number of likely N-dealkylation sites (tertiary alicyclic amines) is 1. The fourth-order valence-electron chi connectivity index (χ4n) is 3.15. The standard InChI is InChI=1S/C16H21N5O2/c1-12-20-14(11-23-12)10-21-8-5-16(21,15(17)22)4-2-3-13-9-18-6-7-19-13/h6-7,9,11H,2-5,8,10H2,1H3,(H2,17,22)/t16-/m0/s1. The summed E-state index contributed by atoms with van der Waals surface area (Å²) in [6.07, 6.45) is 9.88. The number of oxazole rings is 1. The molecule has 0 aromatic carbocycles. The maximum Gasteiger partial charge on any atom is 0.238 e. The Kier molecular flexibility index (Phi) is 4.38. The number of rotatable bonds is 7. The van der Waals surface area contributed by atoms with E-state index in [4.69, 9.17) is 10.2 Å². The van der Waals surface area contributed by atoms with Crippen LogP contribution < -0.4 is 5.73 Å². The van der Waals surface area contributed by atoms with Gasteiger partial charge in [-0.15, -0.1) is 0 Å². The van der Waals surface area contributed by atoms with Crippen molar-refractivity contribution in [2.24, 2.45) is 5.73 Å². The quantitative estimate of drug-likeness (QED) is 0.825. The van der Waals surface area contributed by atoms with E-state index in [-0.39, 0.29) is 5.91 Å². The molecule has 1 aliphatic heterocycles. The second-order valence-electron chi connectivity index (χ2n) is 5.98. The van der Waals surface area contributed by atoms with Crippen molar-refractivity contribution in [2.75, 3.05) is 6.54 Å². The molecule has 23 heavy (non-hydrogen) atoms. The Bertz CT molecular complexity index is 672. The first-order chi connectivity index (χ1) is 11.1. The highest BCUT2D eigenvalue weighted by molar-refractivity contribution is 5.85. The van der Waals surface area contributed by atoms with E-state index < -0.39 is 5.54 Å². The number of aryl methyl sites for hydroxylation is 2. The lowest BCUT2D eigenvalue weighted by Gasteiger charge is -2.50. The van der Waals surface area contributed by atoms with E-state index in [9.17, 15) is 4.79 Å². The van der Waals surface area contributed by atoms with Crippen molar-refractivity contribution in [1.82, 2.24) is 19.9 Å². The molecule has 0 unspecified atom stereocenters. The summed E-state index contributed by atoms with van der Waals surface area (Å²) in [5, 5.41) is 0. The Morgan fingerprint density at radius 2 is 2.30 bits per heavy atom. The molecular weight excluding hydrogens is 294 g/mol. The molecule has 1 atom stereocenters. The van der Waals surface area contributed by atoms with Gasteiger partial charge in [0.1, 0.15) is 11.8 Å². The smallest absolute Gasteiger partial charge is 0.238 e. The van der Waals surface area contributed by atoms with Gasteiger partial charge in [0.15, 0.2) is 5.89 Å². The number of primary amides is 1. The molecule has 7 nitrogen and oxygen atoms in total. The van der Waals surface area contributed by atoms with Gasteiger partial charge in [-0.25, -0.2) is 4.98 Å². The summed E-state index contributed by atoms with van der Waals surface area (Å²) in [5.74, 6) is 0.371. The lowest BCUT2D eigenvalue weighted by Crippen LogP contribution is -2.66. The Labute approximate surface area is 134 Å². The highest BCUT2D eigenvalue weighted by Crippen LogP contribution is 2.36. The summed E-state index contributed by atoms with van der Waals surface area (Å²) in [6, 6.07) is 0. The van der Waals surface area contributed by atoms with Crippen LogP contribution in [0.3, 0.4) is 0 Å². The number of carbonyl (C=O) groups is 1. The predicted octanol–water partition coefficient (Wildman–Crippen LogP) is 1.23. The number of nitrogens with two attached hydrogens (primary N) is 1. The van der Waals surface area contributed by atoms with Gasteiger partial charge in [0, 0.05) is 38.6 Å². The molecule has 2 aromatic heterocycles. The molecule has 0 spiro atoms. The number of aromatic nitrogens is 3. The molecule has 0 bridgehead atoms. The Morgan fingerprint density at radius 3 is 2.87 bits per heavy atom. The van der Waals surface area contributed by atoms with Crippen LogP contribution in [0.1, 0.15) is 36.5 Å². The van der Waals surface area contributed by atoms with Gasteiger partial charge in [-0.1, -0.05) is 0 Å². The molecule has 3 heterocycles. The Balaban J connectivity index is 1.62. The largest absolute Gasteiger partial charge is 0.449 e. The number of hydrogen-bond acceptors (Lipinski definition) is 6. The minimum absolute atomic E-state index is 0.261. The van der Waals surface area contributed by atoms with E-state index in [1.54, 1.807) is 24.9 Å². The van der Waals surface area contributed by atoms with Crippen molar-refractivity contribution in [2.45, 2.75) is 44.7 Å². The second-order valence-corrected chi connectivity index (χ2v) is 5.98. The SMILES string of the molecule is Cc1nc(CN2CC[C@@]2(CCCc2cnccn2)C(N)=O)co1. The molecule has 2 aromatic rings. The van der Waals surface area contributed by atoms with Gasteiger partial charge in [0.25, 0.3) is 0 Å². The normalized spacial score (nSPS) is 21.1. The van der Waals surface area contributed by atoms with E-state index in [1.165, 1.54) is 0 Å². The molecule has 1 fully saturated rings. The van der Waals surface area contributed by atoms with Gasteiger partial charge >= 0.3 is 0 Å². The van der Waals surface area contributed by atoms with Crippen molar-refractivity contribution in [3.05, 3.63) is 42.1 Å². The molecule has 3 rings (SSSR count). The van der Waals surface area contributed by atoms with E-state index in [0.717, 1.165) is 43.6 Å². The molecule has 0 radical (unpaired) electrons. The van der Waals surface area contributed by atoms with Crippen LogP contribution >= 0.6 is 0 Å². The van der Waals surface area contributed by atoms with Gasteiger partial charge in [-0.05, 0) is 25.7 Å². The molecule has 7 heteroatoms. The zero-order chi connectivity index (χ0) is 16.3. The van der Waals surface area contributed by atoms with E-state index >= 15 is 0 Å². The third kappa shape index (κ3) is 3.24. The van der Waals surface area contributed by atoms with Crippen LogP contribution in [0.5, 0.6) is 0 Å². The molecule has 2 N–H and O–H groups in total. The molecule has 0 saturated carbocycles. The molecule has 122 valence electrons. The Morgan fingerprint density at radius 1 is 1.43 bits per heavy atom. The zero-order valence-corrected chi connectivity index (χ0v) is 13.2. The summed E-state index contributed by atoms with van der Waals surface area (Å²) in [4.78, 5) is 26.8. The van der Waals surface area contributed by atoms with Crippen LogP contribution in [0.15, 0.2) is 29.3 Å². The van der Waals surface area contributed by atoms with Crippen molar-refractivity contribution in [1.29, 1.82) is 0 Å². The van der Waals surface area contributed by atoms with Gasteiger partial charge in [0.05, 0.1) is 11.4 Å². The highest BCUT2D eigenvalue weighted by Gasteiger charge is 2.49. The first kappa shape index (κ1) is 15.6. The maximum absolute atomic E-state index is 12.1. The summed E-state index contributed by atoms with van der Waals surface area (Å²) in [5.41, 5.74) is 6.90. The summed E-state index contributed by atoms with van der Waals surface area (Å²) < 4.78 is 5.23. The van der Waals surface area contributed by atoms with Crippen LogP contribution in [-0.4, -0.2) is 37.8 Å². The number of amides is 1. The van der Waals surface area contributed by atoms with Crippen molar-refractivity contribution < 1.29 is 9.21 Å². The maximum atomic E-state index is 12.1. The Hall–Kier alpha value is -2.28. The molecule has 1 aliphatic rings. The predicted molar refractivity (Wildman–Crippen MR) is 83.2 cm³/mol. The number of carbonyl (C=O) groups excluding carboxylic acids is 1. The molecule has 1 saturated heterocycles. The second kappa shape index (κ2) is 6.45. The fraction of sp³-hybridized carbons (Fsp3) is 0.500. The summed E-state index contributed by atoms with van der Waals surface area (Å²) in [7, 11) is 0. The van der Waals surface area contributed by atoms with Crippen molar-refractivity contribution >= 4 is 5.91 Å². The average molecular weight is 315 g/mol. The van der Waals surface area contributed by atoms with Gasteiger partial charge in [0.2, 0.25) is 5.91 Å². The van der Waals surface area contributed by atoms with E-state index in [2.05, 4.69) is 19.9 Å². The van der Waals surface area contributed by atoms with Crippen molar-refractivity contribution in [3.8, 4) is 0 Å². The van der Waals surface area contributed by atoms with Gasteiger partial charge in [-0.3, -0.25) is 19.7 Å². The minimum Gasteiger partial charge on any atom is -0.449 e. The topological polar surface area (TPSA) is 98.1 Å². The minimum atomic E-state index is -0.574. The van der Waals surface area contributed by atoms with Gasteiger partial charge in [-0.2, -0.15) is 0 Å². The molecule has 1 amide bonds. The average Bonchev–Trinajstić information content (AvgIpc) is 2.94. The number of hydrogen-bond donors (Lipinski definition) is 1. The van der Waals surface area contributed by atoms with Crippen molar-refractivity contribution in [3.63, 3.8) is 0 Å². The van der Waals surface area contributed by atoms with Gasteiger partial charge < -0.3 is 10.2 Å². The van der Waals surface area contributed by atoms with Crippen LogP contribution in [0.25, 0.3) is 0 Å². The monoisotopic (exact) mass is 315 g/mol. The first-order valence-electron chi connectivity index (χ1n) is 7.81. The number of nitrogens with zero attached hydrogens (tertiary/aromatic N) is 4. The third-order valence-electron chi connectivity index (χ3n) is 4.52. The fourth-order valence-corrected chi connectivity index (χ4v) is 3.15. The summed E-state index contributed by atoms with van der Waals surface area (Å²) >= 11 is 0. The van der Waals surface area contributed by atoms with E-state index in [0.29, 0.717) is 12.4 Å². The first-order valence-corrected chi connectivity index (χ1v) is 7.81. The van der Waals surface area contributed by atoms with Crippen LogP contribution in [-0.2, 0) is 17.8 Å². The zero-order valence-electron chi connectivity index (χ0n) is 13.2. The van der Waals surface area contributed by atoms with E-state index in [1.807, 2.05) is 6.92 Å². The summed E-state index contributed by atoms with van der Waals surface area (Å²) in [6.45, 7) is 3.24. The lowest BCUT2D eigenvalue weighted by molar-refractivity contribution is -0.141. The van der Waals surface area contributed by atoms with Crippen LogP contribution in [0.4, 0.5) is 0 Å². The van der Waals surface area contributed by atoms with Crippen LogP contribution in [0.2, 0.25) is 0 Å². The molecule has 0 aliphatic carbocycles.